The molecule has 0 aromatic heterocycles. The molecule has 1 aromatic rings. The third-order valence-corrected chi connectivity index (χ3v) is 4.03. The van der Waals surface area contributed by atoms with E-state index in [0.29, 0.717) is 11.6 Å². The second kappa shape index (κ2) is 7.63. The maximum atomic E-state index is 13.5. The Kier molecular flexibility index (Phi) is 5.84. The number of nitrogens with zero attached hydrogens (tertiary/aromatic N) is 1. The van der Waals surface area contributed by atoms with E-state index in [1.54, 1.807) is 12.1 Å². The minimum absolute atomic E-state index is 0.163. The average molecular weight is 278 g/mol. The van der Waals surface area contributed by atoms with E-state index in [4.69, 9.17) is 0 Å². The fraction of sp³-hybridized carbons (Fsp3) is 0.647. The third-order valence-electron chi connectivity index (χ3n) is 4.03. The van der Waals surface area contributed by atoms with Gasteiger partial charge in [0.05, 0.1) is 5.69 Å². The van der Waals surface area contributed by atoms with Gasteiger partial charge in [-0.25, -0.2) is 4.39 Å². The summed E-state index contributed by atoms with van der Waals surface area (Å²) < 4.78 is 13.5. The first-order valence-electron chi connectivity index (χ1n) is 7.89. The minimum atomic E-state index is -0.163. The van der Waals surface area contributed by atoms with Gasteiger partial charge in [0.1, 0.15) is 5.82 Å². The summed E-state index contributed by atoms with van der Waals surface area (Å²) in [7, 11) is 0. The highest BCUT2D eigenvalue weighted by Gasteiger charge is 2.22. The Morgan fingerprint density at radius 1 is 1.25 bits per heavy atom. The number of para-hydroxylation sites is 1. The van der Waals surface area contributed by atoms with Crippen molar-refractivity contribution in [2.24, 2.45) is 5.92 Å². The van der Waals surface area contributed by atoms with Crippen LogP contribution in [-0.2, 0) is 0 Å². The average Bonchev–Trinajstić information content (AvgIpc) is 2.93. The van der Waals surface area contributed by atoms with Crippen LogP contribution in [0, 0.1) is 11.7 Å². The van der Waals surface area contributed by atoms with E-state index in [0.717, 1.165) is 25.7 Å². The van der Waals surface area contributed by atoms with E-state index in [-0.39, 0.29) is 5.82 Å². The molecule has 20 heavy (non-hydrogen) atoms. The summed E-state index contributed by atoms with van der Waals surface area (Å²) in [6.07, 6.45) is 5.37. The second-order valence-corrected chi connectivity index (χ2v) is 6.23. The number of benzene rings is 1. The number of hydrogen-bond donors (Lipinski definition) is 1. The van der Waals surface area contributed by atoms with Gasteiger partial charge in [0.25, 0.3) is 0 Å². The topological polar surface area (TPSA) is 15.3 Å². The van der Waals surface area contributed by atoms with Gasteiger partial charge in [-0.3, -0.25) is 4.90 Å². The minimum Gasteiger partial charge on any atom is -0.381 e. The summed E-state index contributed by atoms with van der Waals surface area (Å²) >= 11 is 0. The molecular formula is C17H27FN2. The van der Waals surface area contributed by atoms with Gasteiger partial charge in [-0.05, 0) is 30.9 Å². The summed E-state index contributed by atoms with van der Waals surface area (Å²) in [4.78, 5) is 2.59. The molecule has 0 atom stereocenters. The highest BCUT2D eigenvalue weighted by Crippen LogP contribution is 2.24. The lowest BCUT2D eigenvalue weighted by molar-refractivity contribution is 0.184. The van der Waals surface area contributed by atoms with Crippen LogP contribution in [0.25, 0.3) is 0 Å². The van der Waals surface area contributed by atoms with Crippen LogP contribution < -0.4 is 5.32 Å². The number of nitrogens with one attached hydrogen (secondary N) is 1. The van der Waals surface area contributed by atoms with Crippen molar-refractivity contribution in [2.75, 3.05) is 25.0 Å². The maximum absolute atomic E-state index is 13.5. The highest BCUT2D eigenvalue weighted by molar-refractivity contribution is 5.44. The predicted octanol–water partition coefficient (Wildman–Crippen LogP) is 4.14. The molecule has 0 spiro atoms. The van der Waals surface area contributed by atoms with E-state index < -0.39 is 0 Å². The zero-order valence-corrected chi connectivity index (χ0v) is 12.7. The van der Waals surface area contributed by atoms with Crippen LogP contribution in [0.2, 0.25) is 0 Å². The van der Waals surface area contributed by atoms with E-state index in [1.165, 1.54) is 31.7 Å². The monoisotopic (exact) mass is 278 g/mol. The molecule has 0 unspecified atom stereocenters. The van der Waals surface area contributed by atoms with E-state index in [2.05, 4.69) is 24.1 Å². The van der Waals surface area contributed by atoms with Crippen molar-refractivity contribution < 1.29 is 4.39 Å². The summed E-state index contributed by atoms with van der Waals surface area (Å²) in [5.41, 5.74) is 0.614. The Morgan fingerprint density at radius 2 is 1.95 bits per heavy atom. The van der Waals surface area contributed by atoms with Crippen LogP contribution in [0.15, 0.2) is 24.3 Å². The number of rotatable bonds is 7. The summed E-state index contributed by atoms with van der Waals surface area (Å²) in [6, 6.07) is 7.64. The Hall–Kier alpha value is -1.09. The molecule has 0 aliphatic heterocycles. The van der Waals surface area contributed by atoms with E-state index >= 15 is 0 Å². The van der Waals surface area contributed by atoms with Crippen LogP contribution >= 0.6 is 0 Å². The van der Waals surface area contributed by atoms with Gasteiger partial charge in [0, 0.05) is 25.7 Å². The van der Waals surface area contributed by atoms with Crippen molar-refractivity contribution in [3.05, 3.63) is 30.1 Å². The predicted molar refractivity (Wildman–Crippen MR) is 83.6 cm³/mol. The third kappa shape index (κ3) is 4.48. The molecule has 112 valence electrons. The quantitative estimate of drug-likeness (QED) is 0.806. The molecule has 1 N–H and O–H groups in total. The molecule has 3 heteroatoms. The summed E-state index contributed by atoms with van der Waals surface area (Å²) in [5, 5.41) is 3.22. The van der Waals surface area contributed by atoms with Gasteiger partial charge in [-0.1, -0.05) is 38.8 Å². The first-order valence-corrected chi connectivity index (χ1v) is 7.89. The highest BCUT2D eigenvalue weighted by atomic mass is 19.1. The Labute approximate surface area is 122 Å². The van der Waals surface area contributed by atoms with Crippen molar-refractivity contribution in [2.45, 2.75) is 45.6 Å². The van der Waals surface area contributed by atoms with Crippen LogP contribution in [0.5, 0.6) is 0 Å². The Morgan fingerprint density at radius 3 is 2.60 bits per heavy atom. The van der Waals surface area contributed by atoms with Gasteiger partial charge in [0.15, 0.2) is 0 Å². The van der Waals surface area contributed by atoms with E-state index in [1.807, 2.05) is 6.07 Å². The smallest absolute Gasteiger partial charge is 0.146 e. The molecule has 1 aliphatic carbocycles. The van der Waals surface area contributed by atoms with Gasteiger partial charge in [0.2, 0.25) is 0 Å². The zero-order valence-electron chi connectivity index (χ0n) is 12.7. The van der Waals surface area contributed by atoms with Crippen molar-refractivity contribution in [3.63, 3.8) is 0 Å². The molecule has 1 aliphatic rings. The normalized spacial score (nSPS) is 16.2. The molecule has 1 fully saturated rings. The fourth-order valence-corrected chi connectivity index (χ4v) is 3.10. The van der Waals surface area contributed by atoms with Crippen LogP contribution in [-0.4, -0.2) is 30.6 Å². The summed E-state index contributed by atoms with van der Waals surface area (Å²) in [5.74, 6) is 0.521. The zero-order chi connectivity index (χ0) is 14.4. The lowest BCUT2D eigenvalue weighted by Gasteiger charge is -2.30. The lowest BCUT2D eigenvalue weighted by atomic mass is 10.1. The molecular weight excluding hydrogens is 251 g/mol. The molecule has 0 saturated heterocycles. The van der Waals surface area contributed by atoms with Crippen molar-refractivity contribution >= 4 is 5.69 Å². The van der Waals surface area contributed by atoms with Gasteiger partial charge in [-0.2, -0.15) is 0 Å². The molecule has 0 radical (unpaired) electrons. The van der Waals surface area contributed by atoms with Gasteiger partial charge in [-0.15, -0.1) is 0 Å². The Balaban J connectivity index is 1.83. The maximum Gasteiger partial charge on any atom is 0.146 e. The molecule has 1 saturated carbocycles. The van der Waals surface area contributed by atoms with Crippen molar-refractivity contribution in [1.82, 2.24) is 4.90 Å². The number of hydrogen-bond acceptors (Lipinski definition) is 2. The SMILES string of the molecule is CC(C)CN(CCNc1ccccc1F)C1CCCC1. The lowest BCUT2D eigenvalue weighted by Crippen LogP contribution is -2.39. The molecule has 0 heterocycles. The van der Waals surface area contributed by atoms with Crippen LogP contribution in [0.3, 0.4) is 0 Å². The Bertz CT molecular complexity index is 400. The van der Waals surface area contributed by atoms with Crippen LogP contribution in [0.4, 0.5) is 10.1 Å². The van der Waals surface area contributed by atoms with Crippen molar-refractivity contribution in [3.8, 4) is 0 Å². The first-order chi connectivity index (χ1) is 9.66. The van der Waals surface area contributed by atoms with Crippen molar-refractivity contribution in [1.29, 1.82) is 0 Å². The van der Waals surface area contributed by atoms with Gasteiger partial charge < -0.3 is 5.32 Å². The molecule has 1 aromatic carbocycles. The molecule has 0 amide bonds. The fourth-order valence-electron chi connectivity index (χ4n) is 3.10. The number of halogens is 1. The molecule has 2 nitrogen and oxygen atoms in total. The first kappa shape index (κ1) is 15.3. The second-order valence-electron chi connectivity index (χ2n) is 6.23. The van der Waals surface area contributed by atoms with Gasteiger partial charge >= 0.3 is 0 Å². The molecule has 2 rings (SSSR count). The van der Waals surface area contributed by atoms with Crippen LogP contribution in [0.1, 0.15) is 39.5 Å². The summed E-state index contributed by atoms with van der Waals surface area (Å²) in [6.45, 7) is 7.49. The standard InChI is InChI=1S/C17H27FN2/c1-14(2)13-20(15-7-3-4-8-15)12-11-19-17-10-6-5-9-16(17)18/h5-6,9-10,14-15,19H,3-4,7-8,11-13H2,1-2H3. The largest absolute Gasteiger partial charge is 0.381 e. The van der Waals surface area contributed by atoms with E-state index in [9.17, 15) is 4.39 Å². The number of anilines is 1. The molecule has 0 bridgehead atoms.